The lowest BCUT2D eigenvalue weighted by molar-refractivity contribution is -0.00559. The number of aliphatic hydroxyl groups is 1. The van der Waals surface area contributed by atoms with Gasteiger partial charge in [-0.2, -0.15) is 0 Å². The summed E-state index contributed by atoms with van der Waals surface area (Å²) >= 11 is 0. The normalized spacial score (nSPS) is 38.5. The van der Waals surface area contributed by atoms with Crippen LogP contribution in [-0.2, 0) is 4.74 Å². The number of allylic oxidation sites excluding steroid dienone is 1. The van der Waals surface area contributed by atoms with Gasteiger partial charge in [0.2, 0.25) is 0 Å². The quantitative estimate of drug-likeness (QED) is 0.581. The highest BCUT2D eigenvalue weighted by atomic mass is 16.5. The number of hydrogen-bond acceptors (Lipinski definition) is 2. The Hall–Kier alpha value is -0.340. The van der Waals surface area contributed by atoms with Gasteiger partial charge in [-0.05, 0) is 19.3 Å². The van der Waals surface area contributed by atoms with Crippen molar-refractivity contribution in [3.05, 3.63) is 11.6 Å². The molecule has 3 atom stereocenters. The van der Waals surface area contributed by atoms with E-state index in [-0.39, 0.29) is 6.10 Å². The van der Waals surface area contributed by atoms with Crippen molar-refractivity contribution in [1.29, 1.82) is 0 Å². The molecule has 0 amide bonds. The van der Waals surface area contributed by atoms with Gasteiger partial charge in [0, 0.05) is 7.11 Å². The molecule has 0 fully saturated rings. The van der Waals surface area contributed by atoms with Crippen LogP contribution in [0.1, 0.15) is 20.3 Å². The lowest BCUT2D eigenvalue weighted by atomic mass is 9.87. The maximum Gasteiger partial charge on any atom is 0.0985 e. The molecule has 0 bridgehead atoms. The number of ether oxygens (including phenoxy) is 1. The second kappa shape index (κ2) is 3.37. The molecular formula is C9H16O2. The van der Waals surface area contributed by atoms with Gasteiger partial charge in [0.15, 0.2) is 0 Å². The molecule has 2 heteroatoms. The Morgan fingerprint density at radius 3 is 2.82 bits per heavy atom. The smallest absolute Gasteiger partial charge is 0.0985 e. The van der Waals surface area contributed by atoms with Crippen molar-refractivity contribution >= 4 is 0 Å². The molecule has 11 heavy (non-hydrogen) atoms. The van der Waals surface area contributed by atoms with E-state index in [0.29, 0.717) is 5.92 Å². The van der Waals surface area contributed by atoms with Gasteiger partial charge in [0.05, 0.1) is 12.2 Å². The molecule has 0 saturated heterocycles. The summed E-state index contributed by atoms with van der Waals surface area (Å²) in [6, 6.07) is 0. The van der Waals surface area contributed by atoms with Crippen molar-refractivity contribution in [2.24, 2.45) is 5.92 Å². The molecular weight excluding hydrogens is 140 g/mol. The summed E-state index contributed by atoms with van der Waals surface area (Å²) < 4.78 is 5.13. The lowest BCUT2D eigenvalue weighted by Crippen LogP contribution is -2.32. The number of rotatable bonds is 1. The Balaban J connectivity index is 2.67. The Kier molecular flexibility index (Phi) is 2.68. The average molecular weight is 156 g/mol. The maximum absolute atomic E-state index is 9.46. The fraction of sp³-hybridized carbons (Fsp3) is 0.778. The van der Waals surface area contributed by atoms with E-state index in [4.69, 9.17) is 4.74 Å². The van der Waals surface area contributed by atoms with Crippen LogP contribution < -0.4 is 0 Å². The zero-order chi connectivity index (χ0) is 8.43. The second-order valence-corrected chi connectivity index (χ2v) is 3.31. The van der Waals surface area contributed by atoms with E-state index >= 15 is 0 Å². The molecule has 0 saturated carbocycles. The highest BCUT2D eigenvalue weighted by Crippen LogP contribution is 2.25. The van der Waals surface area contributed by atoms with Crippen LogP contribution in [0.25, 0.3) is 0 Å². The van der Waals surface area contributed by atoms with Crippen molar-refractivity contribution in [2.45, 2.75) is 32.5 Å². The zero-order valence-corrected chi connectivity index (χ0v) is 7.37. The predicted molar refractivity (Wildman–Crippen MR) is 44.3 cm³/mol. The minimum absolute atomic E-state index is 0.00583. The number of hydrogen-bond donors (Lipinski definition) is 1. The first-order chi connectivity index (χ1) is 5.15. The van der Waals surface area contributed by atoms with Crippen LogP contribution in [0.4, 0.5) is 0 Å². The highest BCUT2D eigenvalue weighted by molar-refractivity contribution is 5.11. The molecule has 0 heterocycles. The largest absolute Gasteiger partial charge is 0.386 e. The number of aliphatic hydroxyl groups excluding tert-OH is 1. The van der Waals surface area contributed by atoms with E-state index < -0.39 is 6.10 Å². The Morgan fingerprint density at radius 2 is 2.27 bits per heavy atom. The van der Waals surface area contributed by atoms with Crippen LogP contribution in [-0.4, -0.2) is 24.4 Å². The van der Waals surface area contributed by atoms with Gasteiger partial charge < -0.3 is 9.84 Å². The zero-order valence-electron chi connectivity index (χ0n) is 7.37. The third kappa shape index (κ3) is 1.82. The van der Waals surface area contributed by atoms with Crippen LogP contribution in [0.3, 0.4) is 0 Å². The molecule has 0 aromatic carbocycles. The van der Waals surface area contributed by atoms with Gasteiger partial charge in [-0.1, -0.05) is 18.6 Å². The molecule has 0 aromatic heterocycles. The van der Waals surface area contributed by atoms with E-state index in [9.17, 15) is 5.11 Å². The van der Waals surface area contributed by atoms with Crippen molar-refractivity contribution in [3.63, 3.8) is 0 Å². The standard InChI is InChI=1S/C9H16O2/c1-6-4-8(10)9(11-3)5-7(6)2/h4,7-10H,5H2,1-3H3. The van der Waals surface area contributed by atoms with Crippen LogP contribution in [0, 0.1) is 5.92 Å². The lowest BCUT2D eigenvalue weighted by Gasteiger charge is -2.28. The monoisotopic (exact) mass is 156 g/mol. The van der Waals surface area contributed by atoms with Crippen molar-refractivity contribution in [1.82, 2.24) is 0 Å². The SMILES string of the molecule is COC1CC(C)C(C)=CC1O. The first-order valence-corrected chi connectivity index (χ1v) is 4.04. The topological polar surface area (TPSA) is 29.5 Å². The maximum atomic E-state index is 9.46. The van der Waals surface area contributed by atoms with Gasteiger partial charge in [-0.15, -0.1) is 0 Å². The Labute approximate surface area is 67.9 Å². The van der Waals surface area contributed by atoms with Gasteiger partial charge >= 0.3 is 0 Å². The number of methoxy groups -OCH3 is 1. The summed E-state index contributed by atoms with van der Waals surface area (Å²) in [7, 11) is 1.65. The molecule has 1 N–H and O–H groups in total. The molecule has 0 aliphatic heterocycles. The van der Waals surface area contributed by atoms with Crippen molar-refractivity contribution in [2.75, 3.05) is 7.11 Å². The summed E-state index contributed by atoms with van der Waals surface area (Å²) in [6.07, 6.45) is 2.41. The first kappa shape index (κ1) is 8.75. The average Bonchev–Trinajstić information content (AvgIpc) is 1.97. The first-order valence-electron chi connectivity index (χ1n) is 4.04. The van der Waals surface area contributed by atoms with Gasteiger partial charge in [0.25, 0.3) is 0 Å². The van der Waals surface area contributed by atoms with E-state index in [2.05, 4.69) is 13.8 Å². The molecule has 0 radical (unpaired) electrons. The molecule has 64 valence electrons. The van der Waals surface area contributed by atoms with E-state index in [1.165, 1.54) is 5.57 Å². The summed E-state index contributed by atoms with van der Waals surface area (Å²) in [5.74, 6) is 0.545. The van der Waals surface area contributed by atoms with Crippen LogP contribution in [0.5, 0.6) is 0 Å². The van der Waals surface area contributed by atoms with Gasteiger partial charge in [-0.3, -0.25) is 0 Å². The van der Waals surface area contributed by atoms with E-state index in [1.807, 2.05) is 6.08 Å². The minimum atomic E-state index is -0.406. The highest BCUT2D eigenvalue weighted by Gasteiger charge is 2.25. The molecule has 2 nitrogen and oxygen atoms in total. The van der Waals surface area contributed by atoms with Crippen LogP contribution in [0.15, 0.2) is 11.6 Å². The van der Waals surface area contributed by atoms with E-state index in [1.54, 1.807) is 7.11 Å². The molecule has 1 aliphatic carbocycles. The summed E-state index contributed by atoms with van der Waals surface area (Å²) in [5.41, 5.74) is 1.27. The molecule has 3 unspecified atom stereocenters. The molecule has 0 aromatic rings. The summed E-state index contributed by atoms with van der Waals surface area (Å²) in [6.45, 7) is 4.21. The van der Waals surface area contributed by atoms with Gasteiger partial charge in [0.1, 0.15) is 0 Å². The third-order valence-electron chi connectivity index (χ3n) is 2.48. The minimum Gasteiger partial charge on any atom is -0.386 e. The Bertz CT molecular complexity index is 163. The summed E-state index contributed by atoms with van der Waals surface area (Å²) in [5, 5.41) is 9.46. The fourth-order valence-electron chi connectivity index (χ4n) is 1.45. The van der Waals surface area contributed by atoms with Crippen molar-refractivity contribution in [3.8, 4) is 0 Å². The van der Waals surface area contributed by atoms with Crippen molar-refractivity contribution < 1.29 is 9.84 Å². The molecule has 0 spiro atoms. The third-order valence-corrected chi connectivity index (χ3v) is 2.48. The van der Waals surface area contributed by atoms with E-state index in [0.717, 1.165) is 6.42 Å². The molecule has 1 aliphatic rings. The fourth-order valence-corrected chi connectivity index (χ4v) is 1.45. The predicted octanol–water partition coefficient (Wildman–Crippen LogP) is 1.35. The Morgan fingerprint density at radius 1 is 1.64 bits per heavy atom. The van der Waals surface area contributed by atoms with Crippen LogP contribution >= 0.6 is 0 Å². The van der Waals surface area contributed by atoms with Crippen LogP contribution in [0.2, 0.25) is 0 Å². The van der Waals surface area contributed by atoms with Gasteiger partial charge in [-0.25, -0.2) is 0 Å². The second-order valence-electron chi connectivity index (χ2n) is 3.31. The summed E-state index contributed by atoms with van der Waals surface area (Å²) in [4.78, 5) is 0. The molecule has 1 rings (SSSR count).